The standard InChI is InChI=1S/C25H29N3O3S2/c1-18-7-6-8-22-19(2)17-24(27-25(18)22)32-16-13-23(29)26-20-9-11-21(12-10-20)33(30,31)28-14-4-3-5-15-28/h6-12,17H,3-5,13-16H2,1-2H3,(H,26,29). The first-order valence-corrected chi connectivity index (χ1v) is 13.7. The van der Waals surface area contributed by atoms with Crippen molar-refractivity contribution in [3.63, 3.8) is 0 Å². The molecule has 1 aliphatic heterocycles. The van der Waals surface area contributed by atoms with Crippen molar-refractivity contribution in [3.05, 3.63) is 59.7 Å². The number of pyridine rings is 1. The highest BCUT2D eigenvalue weighted by Gasteiger charge is 2.25. The molecule has 0 bridgehead atoms. The molecule has 3 aromatic rings. The number of piperidine rings is 1. The third kappa shape index (κ3) is 5.57. The van der Waals surface area contributed by atoms with Crippen LogP contribution >= 0.6 is 11.8 Å². The van der Waals surface area contributed by atoms with Gasteiger partial charge in [0.15, 0.2) is 0 Å². The van der Waals surface area contributed by atoms with E-state index >= 15 is 0 Å². The Kier molecular flexibility index (Phi) is 7.36. The topological polar surface area (TPSA) is 79.4 Å². The maximum Gasteiger partial charge on any atom is 0.243 e. The first kappa shape index (κ1) is 23.7. The molecule has 0 atom stereocenters. The number of thioether (sulfide) groups is 1. The summed E-state index contributed by atoms with van der Waals surface area (Å²) in [5.41, 5.74) is 3.92. The predicted molar refractivity (Wildman–Crippen MR) is 134 cm³/mol. The van der Waals surface area contributed by atoms with E-state index < -0.39 is 10.0 Å². The maximum absolute atomic E-state index is 12.8. The SMILES string of the molecule is Cc1cc(SCCC(=O)Nc2ccc(S(=O)(=O)N3CCCCC3)cc2)nc2c(C)cccc12. The van der Waals surface area contributed by atoms with Crippen LogP contribution in [0.25, 0.3) is 10.9 Å². The van der Waals surface area contributed by atoms with E-state index in [0.29, 0.717) is 31.0 Å². The zero-order valence-electron chi connectivity index (χ0n) is 19.0. The molecule has 8 heteroatoms. The average Bonchev–Trinajstić information content (AvgIpc) is 2.81. The largest absolute Gasteiger partial charge is 0.326 e. The first-order valence-electron chi connectivity index (χ1n) is 11.2. The second-order valence-corrected chi connectivity index (χ2v) is 11.4. The Hall–Kier alpha value is -2.42. The second-order valence-electron chi connectivity index (χ2n) is 8.38. The van der Waals surface area contributed by atoms with E-state index in [4.69, 9.17) is 4.98 Å². The number of sulfonamides is 1. The number of fused-ring (bicyclic) bond motifs is 1. The van der Waals surface area contributed by atoms with Crippen molar-refractivity contribution in [1.29, 1.82) is 0 Å². The van der Waals surface area contributed by atoms with Gasteiger partial charge in [-0.1, -0.05) is 24.6 Å². The molecule has 1 amide bonds. The van der Waals surface area contributed by atoms with Gasteiger partial charge < -0.3 is 5.32 Å². The molecule has 174 valence electrons. The van der Waals surface area contributed by atoms with Crippen LogP contribution < -0.4 is 5.32 Å². The maximum atomic E-state index is 12.8. The number of benzene rings is 2. The van der Waals surface area contributed by atoms with Crippen LogP contribution in [0.2, 0.25) is 0 Å². The summed E-state index contributed by atoms with van der Waals surface area (Å²) in [4.78, 5) is 17.4. The number of aromatic nitrogens is 1. The summed E-state index contributed by atoms with van der Waals surface area (Å²) >= 11 is 1.56. The Morgan fingerprint density at radius 3 is 2.48 bits per heavy atom. The fraction of sp³-hybridized carbons (Fsp3) is 0.360. The molecular formula is C25H29N3O3S2. The summed E-state index contributed by atoms with van der Waals surface area (Å²) in [5.74, 6) is 0.500. The lowest BCUT2D eigenvalue weighted by molar-refractivity contribution is -0.115. The van der Waals surface area contributed by atoms with Crippen molar-refractivity contribution in [2.45, 2.75) is 49.5 Å². The number of hydrogen-bond acceptors (Lipinski definition) is 5. The van der Waals surface area contributed by atoms with Gasteiger partial charge in [0.2, 0.25) is 15.9 Å². The number of carbonyl (C=O) groups is 1. The summed E-state index contributed by atoms with van der Waals surface area (Å²) in [7, 11) is -3.46. The number of rotatable bonds is 7. The van der Waals surface area contributed by atoms with Gasteiger partial charge in [0.1, 0.15) is 0 Å². The van der Waals surface area contributed by atoms with E-state index in [2.05, 4.69) is 37.4 Å². The van der Waals surface area contributed by atoms with Crippen molar-refractivity contribution in [2.75, 3.05) is 24.2 Å². The molecule has 0 aliphatic carbocycles. The lowest BCUT2D eigenvalue weighted by atomic mass is 10.1. The van der Waals surface area contributed by atoms with E-state index in [-0.39, 0.29) is 10.8 Å². The molecule has 1 fully saturated rings. The van der Waals surface area contributed by atoms with Gasteiger partial charge in [-0.15, -0.1) is 11.8 Å². The zero-order chi connectivity index (χ0) is 23.4. The molecule has 1 aromatic heterocycles. The van der Waals surface area contributed by atoms with Gasteiger partial charge >= 0.3 is 0 Å². The second kappa shape index (κ2) is 10.2. The minimum atomic E-state index is -3.46. The van der Waals surface area contributed by atoms with Crippen LogP contribution in [0.1, 0.15) is 36.8 Å². The molecule has 33 heavy (non-hydrogen) atoms. The van der Waals surface area contributed by atoms with Crippen molar-refractivity contribution >= 4 is 44.3 Å². The van der Waals surface area contributed by atoms with E-state index in [1.54, 1.807) is 40.3 Å². The Morgan fingerprint density at radius 2 is 1.76 bits per heavy atom. The van der Waals surface area contributed by atoms with Gasteiger partial charge in [-0.25, -0.2) is 13.4 Å². The van der Waals surface area contributed by atoms with Crippen LogP contribution in [0.3, 0.4) is 0 Å². The van der Waals surface area contributed by atoms with Gasteiger partial charge in [-0.2, -0.15) is 4.31 Å². The number of anilines is 1. The molecule has 1 N–H and O–H groups in total. The van der Waals surface area contributed by atoms with Crippen LogP contribution in [0.4, 0.5) is 5.69 Å². The number of carbonyl (C=O) groups excluding carboxylic acids is 1. The molecule has 0 unspecified atom stereocenters. The average molecular weight is 484 g/mol. The zero-order valence-corrected chi connectivity index (χ0v) is 20.6. The smallest absolute Gasteiger partial charge is 0.243 e. The molecule has 6 nitrogen and oxygen atoms in total. The van der Waals surface area contributed by atoms with Crippen LogP contribution in [0.15, 0.2) is 58.5 Å². The quantitative estimate of drug-likeness (QED) is 0.470. The monoisotopic (exact) mass is 483 g/mol. The molecule has 0 radical (unpaired) electrons. The number of aryl methyl sites for hydroxylation is 2. The number of para-hydroxylation sites is 1. The number of amides is 1. The Labute approximate surface area is 199 Å². The van der Waals surface area contributed by atoms with Crippen molar-refractivity contribution < 1.29 is 13.2 Å². The van der Waals surface area contributed by atoms with Crippen LogP contribution in [0.5, 0.6) is 0 Å². The number of hydrogen-bond donors (Lipinski definition) is 1. The molecule has 2 heterocycles. The van der Waals surface area contributed by atoms with Crippen LogP contribution in [0, 0.1) is 13.8 Å². The van der Waals surface area contributed by atoms with Crippen LogP contribution in [-0.4, -0.2) is 42.5 Å². The summed E-state index contributed by atoms with van der Waals surface area (Å²) in [5, 5.41) is 4.92. The normalized spacial score (nSPS) is 15.0. The summed E-state index contributed by atoms with van der Waals surface area (Å²) < 4.78 is 27.1. The van der Waals surface area contributed by atoms with E-state index in [1.165, 1.54) is 5.56 Å². The van der Waals surface area contributed by atoms with E-state index in [1.807, 2.05) is 6.07 Å². The minimum absolute atomic E-state index is 0.108. The van der Waals surface area contributed by atoms with Crippen molar-refractivity contribution in [1.82, 2.24) is 9.29 Å². The highest BCUT2D eigenvalue weighted by atomic mass is 32.2. The molecular weight excluding hydrogens is 454 g/mol. The van der Waals surface area contributed by atoms with Crippen molar-refractivity contribution in [3.8, 4) is 0 Å². The third-order valence-corrected chi connectivity index (χ3v) is 8.72. The number of nitrogens with one attached hydrogen (secondary N) is 1. The van der Waals surface area contributed by atoms with E-state index in [0.717, 1.165) is 40.8 Å². The summed E-state index contributed by atoms with van der Waals surface area (Å²) in [6, 6.07) is 14.7. The van der Waals surface area contributed by atoms with Crippen molar-refractivity contribution in [2.24, 2.45) is 0 Å². The van der Waals surface area contributed by atoms with Gasteiger partial charge in [-0.3, -0.25) is 4.79 Å². The molecule has 0 saturated carbocycles. The predicted octanol–water partition coefficient (Wildman–Crippen LogP) is 5.15. The molecule has 1 aliphatic rings. The Bertz CT molecular complexity index is 1250. The third-order valence-electron chi connectivity index (χ3n) is 5.89. The van der Waals surface area contributed by atoms with Gasteiger partial charge in [-0.05, 0) is 68.1 Å². The van der Waals surface area contributed by atoms with Crippen LogP contribution in [-0.2, 0) is 14.8 Å². The molecule has 0 spiro atoms. The summed E-state index contributed by atoms with van der Waals surface area (Å²) in [6.45, 7) is 5.28. The Morgan fingerprint density at radius 1 is 1.03 bits per heavy atom. The first-order chi connectivity index (χ1) is 15.8. The summed E-state index contributed by atoms with van der Waals surface area (Å²) in [6.07, 6.45) is 3.22. The number of nitrogens with zero attached hydrogens (tertiary/aromatic N) is 2. The van der Waals surface area contributed by atoms with E-state index in [9.17, 15) is 13.2 Å². The highest BCUT2D eigenvalue weighted by Crippen LogP contribution is 2.26. The lowest BCUT2D eigenvalue weighted by Gasteiger charge is -2.25. The molecule has 2 aromatic carbocycles. The fourth-order valence-electron chi connectivity index (χ4n) is 4.04. The van der Waals surface area contributed by atoms with Gasteiger partial charge in [0, 0.05) is 36.3 Å². The van der Waals surface area contributed by atoms with Gasteiger partial charge in [0.05, 0.1) is 15.4 Å². The molecule has 4 rings (SSSR count). The fourth-order valence-corrected chi connectivity index (χ4v) is 6.47. The lowest BCUT2D eigenvalue weighted by Crippen LogP contribution is -2.35. The molecule has 1 saturated heterocycles. The minimum Gasteiger partial charge on any atom is -0.326 e. The highest BCUT2D eigenvalue weighted by molar-refractivity contribution is 7.99. The Balaban J connectivity index is 1.32. The van der Waals surface area contributed by atoms with Gasteiger partial charge in [0.25, 0.3) is 0 Å².